The number of ether oxygens (including phenoxy) is 2. The van der Waals surface area contributed by atoms with E-state index < -0.39 is 29.2 Å². The molecule has 166 valence electrons. The molecule has 2 aliphatic heterocycles. The van der Waals surface area contributed by atoms with Gasteiger partial charge in [0.15, 0.2) is 0 Å². The number of carbonyl (C=O) groups excluding carboxylic acids is 2. The van der Waals surface area contributed by atoms with Crippen LogP contribution in [0.5, 0.6) is 0 Å². The Hall–Kier alpha value is -2.97. The Balaban J connectivity index is 0.00000106. The van der Waals surface area contributed by atoms with Gasteiger partial charge in [0.2, 0.25) is 0 Å². The molecular weight excluding hydrogens is 398 g/mol. The van der Waals surface area contributed by atoms with E-state index >= 15 is 0 Å². The third kappa shape index (κ3) is 5.55. The number of methoxy groups -OCH3 is 1. The molecule has 1 aromatic carbocycles. The van der Waals surface area contributed by atoms with E-state index in [2.05, 4.69) is 15.2 Å². The molecule has 0 saturated heterocycles. The molecule has 30 heavy (non-hydrogen) atoms. The number of fused-ring (bicyclic) bond motifs is 1. The van der Waals surface area contributed by atoms with Crippen LogP contribution in [0.25, 0.3) is 0 Å². The van der Waals surface area contributed by atoms with Gasteiger partial charge >= 0.3 is 17.7 Å². The third-order valence-corrected chi connectivity index (χ3v) is 4.04. The van der Waals surface area contributed by atoms with Crippen LogP contribution in [0.4, 0.5) is 8.78 Å². The van der Waals surface area contributed by atoms with Gasteiger partial charge in [0.05, 0.1) is 13.4 Å². The van der Waals surface area contributed by atoms with Gasteiger partial charge in [-0.3, -0.25) is 9.59 Å². The Morgan fingerprint density at radius 3 is 2.40 bits per heavy atom. The maximum absolute atomic E-state index is 13.5. The summed E-state index contributed by atoms with van der Waals surface area (Å²) < 4.78 is 36.8. The minimum Gasteiger partial charge on any atom is -0.469 e. The normalized spacial score (nSPS) is 20.2. The van der Waals surface area contributed by atoms with E-state index in [9.17, 15) is 18.4 Å². The molecule has 0 fully saturated rings. The number of nitrogens with one attached hydrogen (secondary N) is 1. The van der Waals surface area contributed by atoms with E-state index in [4.69, 9.17) is 9.57 Å². The Labute approximate surface area is 175 Å². The number of hydrogen-bond acceptors (Lipinski definition) is 6. The third-order valence-electron chi connectivity index (χ3n) is 4.04. The zero-order valence-corrected chi connectivity index (χ0v) is 17.8. The molecule has 0 aromatic heterocycles. The molecule has 0 spiro atoms. The van der Waals surface area contributed by atoms with Crippen molar-refractivity contribution >= 4 is 17.6 Å². The molecule has 1 aromatic rings. The Morgan fingerprint density at radius 2 is 1.80 bits per heavy atom. The number of benzene rings is 1. The van der Waals surface area contributed by atoms with Crippen LogP contribution in [0.3, 0.4) is 0 Å². The molecule has 2 unspecified atom stereocenters. The number of oxime groups is 1. The van der Waals surface area contributed by atoms with E-state index in [1.165, 1.54) is 19.4 Å². The van der Waals surface area contributed by atoms with Crippen molar-refractivity contribution in [1.82, 2.24) is 5.32 Å². The second-order valence-corrected chi connectivity index (χ2v) is 5.75. The number of carbonyl (C=O) groups is 2. The predicted octanol–water partition coefficient (Wildman–Crippen LogP) is 3.68. The molecule has 0 saturated carbocycles. The lowest BCUT2D eigenvalue weighted by molar-refractivity contribution is -0.201. The summed E-state index contributed by atoms with van der Waals surface area (Å²) in [4.78, 5) is 28.8. The van der Waals surface area contributed by atoms with Crippen molar-refractivity contribution in [3.8, 4) is 0 Å². The maximum atomic E-state index is 13.5. The van der Waals surface area contributed by atoms with Crippen LogP contribution in [0.1, 0.15) is 46.1 Å². The Kier molecular flexibility index (Phi) is 9.94. The first-order valence-electron chi connectivity index (χ1n) is 9.88. The lowest BCUT2D eigenvalue weighted by Crippen LogP contribution is -2.51. The second kappa shape index (κ2) is 11.9. The topological polar surface area (TPSA) is 86.2 Å². The summed E-state index contributed by atoms with van der Waals surface area (Å²) in [7, 11) is 1.28. The molecule has 0 bridgehead atoms. The van der Waals surface area contributed by atoms with Crippen LogP contribution in [0.2, 0.25) is 0 Å². The average molecular weight is 426 g/mol. The van der Waals surface area contributed by atoms with Crippen LogP contribution in [0, 0.1) is 17.6 Å². The van der Waals surface area contributed by atoms with E-state index in [1.54, 1.807) is 0 Å². The Bertz CT molecular complexity index is 777. The standard InChI is InChI=1S/C17H16F2N2O5.2C2H6/c1-24-14(22)3-2-5-20-16(23)17-13(4-6-25-17)15(21-26-17)10-7-11(18)9-12(19)8-10;2*1-2/h4,6-9,13H,2-3,5H2,1H3,(H,20,23);2*1-2H3. The van der Waals surface area contributed by atoms with Crippen molar-refractivity contribution in [2.24, 2.45) is 11.1 Å². The fourth-order valence-corrected chi connectivity index (χ4v) is 2.77. The van der Waals surface area contributed by atoms with E-state index in [1.807, 2.05) is 27.7 Å². The van der Waals surface area contributed by atoms with Gasteiger partial charge < -0.3 is 19.6 Å². The smallest absolute Gasteiger partial charge is 0.366 e. The van der Waals surface area contributed by atoms with Gasteiger partial charge in [-0.1, -0.05) is 32.9 Å². The van der Waals surface area contributed by atoms with Gasteiger partial charge in [-0.05, 0) is 24.6 Å². The van der Waals surface area contributed by atoms with Gasteiger partial charge in [0, 0.05) is 24.6 Å². The number of nitrogens with zero attached hydrogens (tertiary/aromatic N) is 1. The largest absolute Gasteiger partial charge is 0.469 e. The summed E-state index contributed by atoms with van der Waals surface area (Å²) in [5.74, 6) is -5.04. The molecule has 2 aliphatic rings. The summed E-state index contributed by atoms with van der Waals surface area (Å²) >= 11 is 0. The monoisotopic (exact) mass is 426 g/mol. The van der Waals surface area contributed by atoms with Crippen LogP contribution in [-0.4, -0.2) is 37.0 Å². The highest BCUT2D eigenvalue weighted by molar-refractivity contribution is 6.08. The molecule has 9 heteroatoms. The summed E-state index contributed by atoms with van der Waals surface area (Å²) in [6, 6.07) is 2.94. The first-order chi connectivity index (χ1) is 14.5. The fraction of sp³-hybridized carbons (Fsp3) is 0.476. The predicted molar refractivity (Wildman–Crippen MR) is 107 cm³/mol. The van der Waals surface area contributed by atoms with Crippen LogP contribution < -0.4 is 5.32 Å². The zero-order valence-electron chi connectivity index (χ0n) is 17.8. The molecule has 1 amide bonds. The van der Waals surface area contributed by atoms with Crippen molar-refractivity contribution in [1.29, 1.82) is 0 Å². The lowest BCUT2D eigenvalue weighted by Gasteiger charge is -2.24. The highest BCUT2D eigenvalue weighted by Gasteiger charge is 2.59. The molecule has 0 radical (unpaired) electrons. The summed E-state index contributed by atoms with van der Waals surface area (Å²) in [6.45, 7) is 8.19. The van der Waals surface area contributed by atoms with Crippen molar-refractivity contribution in [3.05, 3.63) is 47.7 Å². The first-order valence-corrected chi connectivity index (χ1v) is 9.88. The van der Waals surface area contributed by atoms with Crippen molar-refractivity contribution in [2.45, 2.75) is 46.3 Å². The summed E-state index contributed by atoms with van der Waals surface area (Å²) in [5.41, 5.74) is 0.338. The highest BCUT2D eigenvalue weighted by atomic mass is 19.1. The molecule has 1 N–H and O–H groups in total. The number of halogens is 2. The van der Waals surface area contributed by atoms with Gasteiger partial charge in [-0.15, -0.1) is 0 Å². The van der Waals surface area contributed by atoms with Gasteiger partial charge in [-0.2, -0.15) is 0 Å². The van der Waals surface area contributed by atoms with Gasteiger partial charge in [0.25, 0.3) is 0 Å². The molecular formula is C21H28F2N2O5. The fourth-order valence-electron chi connectivity index (χ4n) is 2.77. The number of hydrogen-bond donors (Lipinski definition) is 1. The van der Waals surface area contributed by atoms with E-state index in [0.29, 0.717) is 6.42 Å². The number of esters is 1. The van der Waals surface area contributed by atoms with Crippen molar-refractivity contribution in [2.75, 3.05) is 13.7 Å². The molecule has 3 rings (SSSR count). The summed E-state index contributed by atoms with van der Waals surface area (Å²) in [5, 5.41) is 6.41. The number of rotatable bonds is 6. The quantitative estimate of drug-likeness (QED) is 0.554. The zero-order chi connectivity index (χ0) is 22.7. The van der Waals surface area contributed by atoms with Crippen LogP contribution >= 0.6 is 0 Å². The van der Waals surface area contributed by atoms with Crippen molar-refractivity contribution in [3.63, 3.8) is 0 Å². The number of amides is 1. The highest BCUT2D eigenvalue weighted by Crippen LogP contribution is 2.39. The minimum absolute atomic E-state index is 0.150. The maximum Gasteiger partial charge on any atom is 0.366 e. The van der Waals surface area contributed by atoms with Crippen molar-refractivity contribution < 1.29 is 32.7 Å². The lowest BCUT2D eigenvalue weighted by atomic mass is 9.90. The van der Waals surface area contributed by atoms with E-state index in [-0.39, 0.29) is 30.2 Å². The molecule has 0 aliphatic carbocycles. The van der Waals surface area contributed by atoms with E-state index in [0.717, 1.165) is 18.2 Å². The van der Waals surface area contributed by atoms with Gasteiger partial charge in [0.1, 0.15) is 23.3 Å². The second-order valence-electron chi connectivity index (χ2n) is 5.75. The Morgan fingerprint density at radius 1 is 1.17 bits per heavy atom. The van der Waals surface area contributed by atoms with Crippen LogP contribution in [-0.2, 0) is 23.9 Å². The molecule has 7 nitrogen and oxygen atoms in total. The molecule has 2 atom stereocenters. The first kappa shape index (κ1) is 25.1. The average Bonchev–Trinajstić information content (AvgIpc) is 3.33. The van der Waals surface area contributed by atoms with Crippen LogP contribution in [0.15, 0.2) is 35.7 Å². The SMILES string of the molecule is CC.CC.COC(=O)CCCNC(=O)C12OC=CC1C(c1cc(F)cc(F)c1)=NO2. The van der Waals surface area contributed by atoms with Gasteiger partial charge in [-0.25, -0.2) is 8.78 Å². The summed E-state index contributed by atoms with van der Waals surface area (Å²) in [6.07, 6.45) is 3.33. The minimum atomic E-state index is -1.76. The molecule has 2 heterocycles.